The van der Waals surface area contributed by atoms with Crippen LogP contribution in [0.15, 0.2) is 0 Å². The molecule has 0 aromatic heterocycles. The second-order valence-electron chi connectivity index (χ2n) is 1.22. The summed E-state index contributed by atoms with van der Waals surface area (Å²) >= 11 is 0. The molecule has 5 heteroatoms. The predicted octanol–water partition coefficient (Wildman–Crippen LogP) is -0.0781. The zero-order valence-electron chi connectivity index (χ0n) is 4.42. The molecular formula is C3H11CaO3P. The van der Waals surface area contributed by atoms with Crippen molar-refractivity contribution in [2.75, 3.05) is 13.3 Å². The summed E-state index contributed by atoms with van der Waals surface area (Å²) in [6.45, 7) is 3.13. The minimum atomic E-state index is -3.17. The van der Waals surface area contributed by atoms with E-state index in [-0.39, 0.29) is 37.7 Å². The van der Waals surface area contributed by atoms with Crippen molar-refractivity contribution in [1.82, 2.24) is 0 Å². The second-order valence-corrected chi connectivity index (χ2v) is 3.08. The molecule has 1 unspecified atom stereocenters. The van der Waals surface area contributed by atoms with Crippen LogP contribution in [0.4, 0.5) is 0 Å². The first kappa shape index (κ1) is 12.1. The average Bonchev–Trinajstić information content (AvgIpc) is 1.30. The van der Waals surface area contributed by atoms with Crippen LogP contribution in [0.5, 0.6) is 0 Å². The number of hydrogen-bond acceptors (Lipinski definition) is 2. The summed E-state index contributed by atoms with van der Waals surface area (Å²) in [5, 5.41) is 0. The third-order valence-electron chi connectivity index (χ3n) is 0.369. The first-order valence-electron chi connectivity index (χ1n) is 2.01. The first-order chi connectivity index (χ1) is 3.06. The molecule has 1 N–H and O–H groups in total. The van der Waals surface area contributed by atoms with Crippen LogP contribution in [0.1, 0.15) is 6.92 Å². The topological polar surface area (TPSA) is 46.5 Å². The van der Waals surface area contributed by atoms with Crippen molar-refractivity contribution in [3.63, 3.8) is 0 Å². The van der Waals surface area contributed by atoms with Gasteiger partial charge in [0.1, 0.15) is 0 Å². The van der Waals surface area contributed by atoms with E-state index in [4.69, 9.17) is 4.89 Å². The molecule has 0 fully saturated rings. The molecule has 48 valence electrons. The average molecular weight is 166 g/mol. The van der Waals surface area contributed by atoms with E-state index < -0.39 is 7.60 Å². The molecule has 1 atom stereocenters. The van der Waals surface area contributed by atoms with Crippen LogP contribution in [-0.2, 0) is 9.09 Å². The number of rotatable bonds is 2. The Kier molecular flexibility index (Phi) is 7.90. The van der Waals surface area contributed by atoms with Crippen molar-refractivity contribution < 1.29 is 14.0 Å². The molecule has 0 spiro atoms. The fraction of sp³-hybridized carbons (Fsp3) is 1.00. The molecule has 0 heterocycles. The van der Waals surface area contributed by atoms with Gasteiger partial charge in [-0.25, -0.2) is 0 Å². The van der Waals surface area contributed by atoms with E-state index in [0.717, 1.165) is 6.66 Å². The molecule has 0 saturated heterocycles. The summed E-state index contributed by atoms with van der Waals surface area (Å²) < 4.78 is 14.5. The minimum absolute atomic E-state index is 0. The van der Waals surface area contributed by atoms with Gasteiger partial charge in [-0.2, -0.15) is 0 Å². The van der Waals surface area contributed by atoms with Gasteiger partial charge in [0.15, 0.2) is 0 Å². The van der Waals surface area contributed by atoms with E-state index in [1.165, 1.54) is 0 Å². The van der Waals surface area contributed by atoms with Gasteiger partial charge in [0.05, 0.1) is 6.61 Å². The van der Waals surface area contributed by atoms with Gasteiger partial charge >= 0.3 is 45.3 Å². The Bertz CT molecular complexity index is 88.5. The van der Waals surface area contributed by atoms with E-state index in [2.05, 4.69) is 4.52 Å². The summed E-state index contributed by atoms with van der Waals surface area (Å²) in [4.78, 5) is 8.35. The molecule has 0 amide bonds. The van der Waals surface area contributed by atoms with Crippen molar-refractivity contribution in [2.45, 2.75) is 6.92 Å². The fourth-order valence-corrected chi connectivity index (χ4v) is 0.719. The van der Waals surface area contributed by atoms with Crippen LogP contribution in [0.25, 0.3) is 0 Å². The molecule has 0 aromatic carbocycles. The van der Waals surface area contributed by atoms with E-state index >= 15 is 0 Å². The third kappa shape index (κ3) is 10.4. The number of hydrogen-bond donors (Lipinski definition) is 1. The molecule has 0 aliphatic heterocycles. The van der Waals surface area contributed by atoms with Gasteiger partial charge in [-0.1, -0.05) is 0 Å². The van der Waals surface area contributed by atoms with Crippen LogP contribution in [-0.4, -0.2) is 55.9 Å². The molecule has 0 aromatic rings. The van der Waals surface area contributed by atoms with Crippen LogP contribution >= 0.6 is 7.60 Å². The Morgan fingerprint density at radius 1 is 1.75 bits per heavy atom. The van der Waals surface area contributed by atoms with Gasteiger partial charge in [0.25, 0.3) is 0 Å². The van der Waals surface area contributed by atoms with Gasteiger partial charge in [-0.05, 0) is 6.92 Å². The van der Waals surface area contributed by atoms with Gasteiger partial charge in [-0.3, -0.25) is 4.57 Å². The zero-order valence-corrected chi connectivity index (χ0v) is 5.31. The fourth-order valence-electron chi connectivity index (χ4n) is 0.240. The summed E-state index contributed by atoms with van der Waals surface area (Å²) in [7, 11) is -3.17. The summed E-state index contributed by atoms with van der Waals surface area (Å²) in [6, 6.07) is 0. The van der Waals surface area contributed by atoms with Crippen LogP contribution in [0.2, 0.25) is 0 Å². The van der Waals surface area contributed by atoms with Gasteiger partial charge in [0, 0.05) is 6.66 Å². The molecule has 0 aliphatic rings. The van der Waals surface area contributed by atoms with Crippen molar-refractivity contribution in [2.24, 2.45) is 0 Å². The molecule has 0 radical (unpaired) electrons. The normalized spacial score (nSPS) is 16.4. The first-order valence-corrected chi connectivity index (χ1v) is 4.03. The Hall–Kier alpha value is 1.41. The van der Waals surface area contributed by atoms with Crippen LogP contribution in [0.3, 0.4) is 0 Å². The second kappa shape index (κ2) is 5.21. The molecular weight excluding hydrogens is 155 g/mol. The molecule has 0 aliphatic carbocycles. The predicted molar refractivity (Wildman–Crippen MR) is 35.9 cm³/mol. The van der Waals surface area contributed by atoms with E-state index in [1.807, 2.05) is 0 Å². The van der Waals surface area contributed by atoms with Crippen LogP contribution in [0, 0.1) is 0 Å². The molecule has 8 heavy (non-hydrogen) atoms. The Labute approximate surface area is 79.0 Å². The molecule has 3 nitrogen and oxygen atoms in total. The Balaban J connectivity index is 0. The maximum absolute atomic E-state index is 10.1. The quantitative estimate of drug-likeness (QED) is 0.461. The van der Waals surface area contributed by atoms with E-state index in [0.29, 0.717) is 6.61 Å². The van der Waals surface area contributed by atoms with Crippen molar-refractivity contribution in [1.29, 1.82) is 0 Å². The summed E-state index contributed by atoms with van der Waals surface area (Å²) in [6.07, 6.45) is 0. The Morgan fingerprint density at radius 3 is 2.12 bits per heavy atom. The third-order valence-corrected chi connectivity index (χ3v) is 1.11. The van der Waals surface area contributed by atoms with Gasteiger partial charge in [-0.15, -0.1) is 0 Å². The van der Waals surface area contributed by atoms with Crippen molar-refractivity contribution >= 4 is 45.3 Å². The van der Waals surface area contributed by atoms with Gasteiger partial charge in [0.2, 0.25) is 0 Å². The maximum atomic E-state index is 10.1. The molecule has 0 saturated carbocycles. The molecule has 0 rings (SSSR count). The van der Waals surface area contributed by atoms with Crippen molar-refractivity contribution in [3.8, 4) is 0 Å². The monoisotopic (exact) mass is 166 g/mol. The van der Waals surface area contributed by atoms with E-state index in [9.17, 15) is 4.57 Å². The standard InChI is InChI=1S/C3H9O3P.Ca.2H/c1-3-6-7(2,4)5;;;/h3H2,1-2H3,(H,4,5);;;. The summed E-state index contributed by atoms with van der Waals surface area (Å²) in [5.41, 5.74) is 0. The molecule has 0 bridgehead atoms. The zero-order chi connectivity index (χ0) is 5.91. The van der Waals surface area contributed by atoms with Crippen LogP contribution < -0.4 is 0 Å². The summed E-state index contributed by atoms with van der Waals surface area (Å²) in [5.74, 6) is 0. The van der Waals surface area contributed by atoms with E-state index in [1.54, 1.807) is 6.92 Å². The van der Waals surface area contributed by atoms with Gasteiger partial charge < -0.3 is 9.42 Å². The SMILES string of the molecule is CCOP(C)(=O)O.[CaH2]. The van der Waals surface area contributed by atoms with Crippen molar-refractivity contribution in [3.05, 3.63) is 0 Å². The Morgan fingerprint density at radius 2 is 2.12 bits per heavy atom.